The number of rotatable bonds is 8. The molecule has 0 aliphatic heterocycles. The molecule has 1 aromatic rings. The van der Waals surface area contributed by atoms with Crippen molar-refractivity contribution in [2.45, 2.75) is 19.0 Å². The Labute approximate surface area is 107 Å². The van der Waals surface area contributed by atoms with Crippen LogP contribution in [0.15, 0.2) is 24.3 Å². The Bertz CT molecular complexity index is 327. The Morgan fingerprint density at radius 3 is 2.06 bits per heavy atom. The second kappa shape index (κ2) is 7.33. The summed E-state index contributed by atoms with van der Waals surface area (Å²) in [5.41, 5.74) is 0.122. The molecule has 18 heavy (non-hydrogen) atoms. The van der Waals surface area contributed by atoms with E-state index in [1.807, 2.05) is 31.2 Å². The number of hydrogen-bond donors (Lipinski definition) is 4. The minimum absolute atomic E-state index is 0.267. The molecule has 5 N–H and O–H groups in total. The van der Waals surface area contributed by atoms with Gasteiger partial charge in [-0.1, -0.05) is 0 Å². The van der Waals surface area contributed by atoms with Gasteiger partial charge in [-0.2, -0.15) is 0 Å². The number of nitrogens with two attached hydrogens (primary N) is 1. The SMILES string of the molecule is CCOc1ccc(C[NH2+]C(CO)(CO)CO)cc1. The minimum Gasteiger partial charge on any atom is -0.494 e. The molecule has 0 fully saturated rings. The van der Waals surface area contributed by atoms with E-state index in [0.29, 0.717) is 13.2 Å². The van der Waals surface area contributed by atoms with Crippen LogP contribution in [0.25, 0.3) is 0 Å². The van der Waals surface area contributed by atoms with Crippen molar-refractivity contribution in [1.82, 2.24) is 0 Å². The van der Waals surface area contributed by atoms with Crippen LogP contribution in [0.4, 0.5) is 0 Å². The van der Waals surface area contributed by atoms with Gasteiger partial charge in [-0.05, 0) is 31.2 Å². The predicted octanol–water partition coefficient (Wildman–Crippen LogP) is -1.14. The summed E-state index contributed by atoms with van der Waals surface area (Å²) in [6.45, 7) is 2.34. The Morgan fingerprint density at radius 1 is 1.06 bits per heavy atom. The van der Waals surface area contributed by atoms with Gasteiger partial charge < -0.3 is 25.4 Å². The van der Waals surface area contributed by atoms with Crippen molar-refractivity contribution in [3.8, 4) is 5.75 Å². The molecule has 0 unspecified atom stereocenters. The molecular weight excluding hydrogens is 234 g/mol. The van der Waals surface area contributed by atoms with Crippen LogP contribution in [0.3, 0.4) is 0 Å². The third-order valence-corrected chi connectivity index (χ3v) is 2.95. The number of quaternary nitrogens is 1. The first-order chi connectivity index (χ1) is 8.69. The van der Waals surface area contributed by atoms with E-state index in [2.05, 4.69) is 0 Å². The molecule has 0 heterocycles. The predicted molar refractivity (Wildman–Crippen MR) is 67.2 cm³/mol. The van der Waals surface area contributed by atoms with Crippen molar-refractivity contribution in [2.75, 3.05) is 26.4 Å². The fourth-order valence-corrected chi connectivity index (χ4v) is 1.57. The van der Waals surface area contributed by atoms with Crippen molar-refractivity contribution in [1.29, 1.82) is 0 Å². The monoisotopic (exact) mass is 256 g/mol. The molecule has 0 aliphatic rings. The van der Waals surface area contributed by atoms with Crippen molar-refractivity contribution >= 4 is 0 Å². The molecule has 1 rings (SSSR count). The molecule has 0 amide bonds. The molecule has 5 nitrogen and oxygen atoms in total. The van der Waals surface area contributed by atoms with E-state index in [4.69, 9.17) is 4.74 Å². The molecular formula is C13H22NO4+. The maximum atomic E-state index is 9.20. The second-order valence-corrected chi connectivity index (χ2v) is 4.32. The first-order valence-electron chi connectivity index (χ1n) is 6.08. The highest BCUT2D eigenvalue weighted by molar-refractivity contribution is 5.26. The van der Waals surface area contributed by atoms with Crippen molar-refractivity contribution in [3.05, 3.63) is 29.8 Å². The van der Waals surface area contributed by atoms with Crippen LogP contribution in [0.1, 0.15) is 12.5 Å². The largest absolute Gasteiger partial charge is 0.494 e. The van der Waals surface area contributed by atoms with Gasteiger partial charge >= 0.3 is 0 Å². The molecule has 0 atom stereocenters. The van der Waals surface area contributed by atoms with Gasteiger partial charge in [0.05, 0.1) is 6.61 Å². The Morgan fingerprint density at radius 2 is 1.61 bits per heavy atom. The average Bonchev–Trinajstić information content (AvgIpc) is 2.43. The first-order valence-corrected chi connectivity index (χ1v) is 6.08. The summed E-state index contributed by atoms with van der Waals surface area (Å²) in [5.74, 6) is 0.819. The van der Waals surface area contributed by atoms with Gasteiger partial charge in [0.25, 0.3) is 0 Å². The van der Waals surface area contributed by atoms with E-state index in [-0.39, 0.29) is 19.8 Å². The molecule has 0 saturated heterocycles. The highest BCUT2D eigenvalue weighted by Crippen LogP contribution is 2.11. The van der Waals surface area contributed by atoms with E-state index < -0.39 is 5.54 Å². The summed E-state index contributed by atoms with van der Waals surface area (Å²) >= 11 is 0. The molecule has 1 aromatic carbocycles. The maximum Gasteiger partial charge on any atom is 0.166 e. The van der Waals surface area contributed by atoms with Crippen LogP contribution in [0, 0.1) is 0 Å². The number of aliphatic hydroxyl groups excluding tert-OH is 3. The van der Waals surface area contributed by atoms with Crippen LogP contribution in [0.5, 0.6) is 5.75 Å². The Kier molecular flexibility index (Phi) is 6.07. The summed E-state index contributed by atoms with van der Waals surface area (Å²) < 4.78 is 5.34. The minimum atomic E-state index is -0.918. The van der Waals surface area contributed by atoms with Gasteiger partial charge in [-0.25, -0.2) is 0 Å². The van der Waals surface area contributed by atoms with E-state index in [0.717, 1.165) is 11.3 Å². The van der Waals surface area contributed by atoms with Gasteiger partial charge in [0, 0.05) is 5.56 Å². The average molecular weight is 256 g/mol. The van der Waals surface area contributed by atoms with Crippen molar-refractivity contribution < 1.29 is 25.4 Å². The van der Waals surface area contributed by atoms with Crippen LogP contribution in [-0.2, 0) is 6.54 Å². The van der Waals surface area contributed by atoms with Gasteiger partial charge in [0.1, 0.15) is 32.1 Å². The van der Waals surface area contributed by atoms with Crippen LogP contribution in [-0.4, -0.2) is 47.3 Å². The van der Waals surface area contributed by atoms with Crippen LogP contribution >= 0.6 is 0 Å². The third-order valence-electron chi connectivity index (χ3n) is 2.95. The molecule has 0 aliphatic carbocycles. The summed E-state index contributed by atoms with van der Waals surface area (Å²) in [6, 6.07) is 7.62. The smallest absolute Gasteiger partial charge is 0.166 e. The van der Waals surface area contributed by atoms with E-state index >= 15 is 0 Å². The molecule has 5 heteroatoms. The molecule has 0 radical (unpaired) electrons. The van der Waals surface area contributed by atoms with Gasteiger partial charge in [0.2, 0.25) is 0 Å². The highest BCUT2D eigenvalue weighted by Gasteiger charge is 2.31. The summed E-state index contributed by atoms with van der Waals surface area (Å²) in [5, 5.41) is 29.3. The normalized spacial score (nSPS) is 11.6. The van der Waals surface area contributed by atoms with E-state index in [9.17, 15) is 15.3 Å². The zero-order valence-corrected chi connectivity index (χ0v) is 10.7. The summed E-state index contributed by atoms with van der Waals surface area (Å²) in [4.78, 5) is 0. The first kappa shape index (κ1) is 14.9. The molecule has 0 bridgehead atoms. The zero-order chi connectivity index (χ0) is 13.4. The van der Waals surface area contributed by atoms with Crippen LogP contribution in [0.2, 0.25) is 0 Å². The Balaban J connectivity index is 2.57. The van der Waals surface area contributed by atoms with E-state index in [1.165, 1.54) is 0 Å². The third kappa shape index (κ3) is 3.96. The lowest BCUT2D eigenvalue weighted by molar-refractivity contribution is -0.746. The van der Waals surface area contributed by atoms with Gasteiger partial charge in [-0.15, -0.1) is 0 Å². The Hall–Kier alpha value is -1.14. The summed E-state index contributed by atoms with van der Waals surface area (Å²) in [7, 11) is 0. The lowest BCUT2D eigenvalue weighted by Crippen LogP contribution is -2.99. The summed E-state index contributed by atoms with van der Waals surface area (Å²) in [6.07, 6.45) is 0. The number of aliphatic hydroxyl groups is 3. The lowest BCUT2D eigenvalue weighted by Gasteiger charge is -2.25. The standard InChI is InChI=1S/C13H21NO4/c1-2-18-12-5-3-11(4-6-12)7-14-13(8-15,9-16)10-17/h3-6,14-17H,2,7-10H2,1H3/p+1. The topological polar surface area (TPSA) is 86.5 Å². The molecule has 102 valence electrons. The molecule has 0 saturated carbocycles. The highest BCUT2D eigenvalue weighted by atomic mass is 16.5. The fourth-order valence-electron chi connectivity index (χ4n) is 1.57. The molecule has 0 spiro atoms. The number of benzene rings is 1. The van der Waals surface area contributed by atoms with E-state index in [1.54, 1.807) is 5.32 Å². The lowest BCUT2D eigenvalue weighted by atomic mass is 10.0. The second-order valence-electron chi connectivity index (χ2n) is 4.32. The number of hydrogen-bond acceptors (Lipinski definition) is 4. The van der Waals surface area contributed by atoms with Crippen molar-refractivity contribution in [3.63, 3.8) is 0 Å². The maximum absolute atomic E-state index is 9.20. The fraction of sp³-hybridized carbons (Fsp3) is 0.538. The van der Waals surface area contributed by atoms with Crippen molar-refractivity contribution in [2.24, 2.45) is 0 Å². The quantitative estimate of drug-likeness (QED) is 0.474. The number of ether oxygens (including phenoxy) is 1. The van der Waals surface area contributed by atoms with Gasteiger partial charge in [0.15, 0.2) is 5.54 Å². The molecule has 0 aromatic heterocycles. The zero-order valence-electron chi connectivity index (χ0n) is 10.7. The van der Waals surface area contributed by atoms with Crippen LogP contribution < -0.4 is 10.1 Å². The van der Waals surface area contributed by atoms with Gasteiger partial charge in [-0.3, -0.25) is 0 Å².